The van der Waals surface area contributed by atoms with Gasteiger partial charge in [0.25, 0.3) is 0 Å². The highest BCUT2D eigenvalue weighted by Gasteiger charge is 2.02. The van der Waals surface area contributed by atoms with Crippen LogP contribution in [0.15, 0.2) is 35.3 Å². The van der Waals surface area contributed by atoms with Gasteiger partial charge in [0.15, 0.2) is 0 Å². The van der Waals surface area contributed by atoms with Crippen LogP contribution in [0.3, 0.4) is 0 Å². The second kappa shape index (κ2) is 5.87. The topological polar surface area (TPSA) is 34.9 Å². The molecule has 0 unspecified atom stereocenters. The van der Waals surface area contributed by atoms with Gasteiger partial charge in [-0.2, -0.15) is 16.9 Å². The number of benzene rings is 1. The minimum atomic E-state index is -0.000201. The first-order valence-electron chi connectivity index (χ1n) is 5.85. The van der Waals surface area contributed by atoms with E-state index in [1.165, 1.54) is 6.20 Å². The van der Waals surface area contributed by atoms with E-state index in [-0.39, 0.29) is 5.43 Å². The molecule has 0 amide bonds. The van der Waals surface area contributed by atoms with Crippen LogP contribution < -0.4 is 5.43 Å². The molecule has 0 atom stereocenters. The molecule has 0 spiro atoms. The van der Waals surface area contributed by atoms with Crippen LogP contribution in [0.5, 0.6) is 0 Å². The monoisotopic (exact) mass is 248 g/mol. The van der Waals surface area contributed by atoms with E-state index in [9.17, 15) is 4.79 Å². The van der Waals surface area contributed by atoms with Gasteiger partial charge in [-0.15, -0.1) is 0 Å². The molecule has 1 heterocycles. The molecule has 0 radical (unpaired) electrons. The molecule has 0 aliphatic heterocycles. The smallest absolute Gasteiger partial charge is 0.207 e. The third-order valence-corrected chi connectivity index (χ3v) is 3.61. The lowest BCUT2D eigenvalue weighted by Gasteiger charge is -2.08. The van der Waals surface area contributed by atoms with E-state index in [2.05, 4.69) is 12.0 Å². The van der Waals surface area contributed by atoms with E-state index in [1.54, 1.807) is 0 Å². The van der Waals surface area contributed by atoms with Gasteiger partial charge in [-0.05, 0) is 30.1 Å². The maximum absolute atomic E-state index is 11.6. The molecule has 0 aliphatic carbocycles. The first-order valence-corrected chi connectivity index (χ1v) is 7.01. The molecule has 0 aliphatic rings. The Balaban J connectivity index is 2.23. The molecule has 1 aromatic carbocycles. The summed E-state index contributed by atoms with van der Waals surface area (Å²) in [7, 11) is 0. The predicted molar refractivity (Wildman–Crippen MR) is 73.6 cm³/mol. The minimum absolute atomic E-state index is 0.000201. The van der Waals surface area contributed by atoms with Crippen molar-refractivity contribution in [1.82, 2.24) is 9.78 Å². The largest absolute Gasteiger partial charge is 0.287 e. The number of thioether (sulfide) groups is 1. The SMILES string of the molecule is CCSCCCn1ncc(=O)c2ccccc21. The predicted octanol–water partition coefficient (Wildman–Crippen LogP) is 2.54. The Bertz CT molecular complexity index is 550. The van der Waals surface area contributed by atoms with Crippen LogP contribution in [0, 0.1) is 0 Å². The molecule has 0 bridgehead atoms. The van der Waals surface area contributed by atoms with Gasteiger partial charge in [-0.1, -0.05) is 19.1 Å². The highest BCUT2D eigenvalue weighted by Crippen LogP contribution is 2.09. The van der Waals surface area contributed by atoms with Crippen molar-refractivity contribution >= 4 is 22.7 Å². The molecule has 17 heavy (non-hydrogen) atoms. The summed E-state index contributed by atoms with van der Waals surface area (Å²) in [6.07, 6.45) is 2.49. The van der Waals surface area contributed by atoms with Crippen LogP contribution >= 0.6 is 11.8 Å². The van der Waals surface area contributed by atoms with Gasteiger partial charge in [0.1, 0.15) is 0 Å². The lowest BCUT2D eigenvalue weighted by atomic mass is 10.2. The summed E-state index contributed by atoms with van der Waals surface area (Å²) in [4.78, 5) is 11.6. The van der Waals surface area contributed by atoms with Crippen molar-refractivity contribution in [2.45, 2.75) is 19.9 Å². The van der Waals surface area contributed by atoms with Crippen molar-refractivity contribution in [3.8, 4) is 0 Å². The van der Waals surface area contributed by atoms with E-state index >= 15 is 0 Å². The second-order valence-electron chi connectivity index (χ2n) is 3.80. The van der Waals surface area contributed by atoms with Gasteiger partial charge in [-0.25, -0.2) is 0 Å². The number of fused-ring (bicyclic) bond motifs is 1. The number of hydrogen-bond donors (Lipinski definition) is 0. The summed E-state index contributed by atoms with van der Waals surface area (Å²) in [5.74, 6) is 2.29. The van der Waals surface area contributed by atoms with Crippen LogP contribution in [-0.2, 0) is 6.54 Å². The molecule has 2 rings (SSSR count). The fourth-order valence-electron chi connectivity index (χ4n) is 1.80. The Morgan fingerprint density at radius 3 is 3.00 bits per heavy atom. The highest BCUT2D eigenvalue weighted by atomic mass is 32.2. The van der Waals surface area contributed by atoms with Crippen molar-refractivity contribution in [3.05, 3.63) is 40.7 Å². The average molecular weight is 248 g/mol. The zero-order chi connectivity index (χ0) is 12.1. The zero-order valence-corrected chi connectivity index (χ0v) is 10.7. The molecule has 0 fully saturated rings. The molecular weight excluding hydrogens is 232 g/mol. The molecule has 1 aromatic heterocycles. The molecule has 0 N–H and O–H groups in total. The Labute approximate surface area is 105 Å². The van der Waals surface area contributed by atoms with Gasteiger partial charge in [0, 0.05) is 11.9 Å². The van der Waals surface area contributed by atoms with E-state index in [0.29, 0.717) is 0 Å². The number of para-hydroxylation sites is 1. The molecule has 3 nitrogen and oxygen atoms in total. The van der Waals surface area contributed by atoms with Gasteiger partial charge in [0.2, 0.25) is 5.43 Å². The first-order chi connectivity index (χ1) is 8.33. The van der Waals surface area contributed by atoms with Crippen LogP contribution in [0.1, 0.15) is 13.3 Å². The normalized spacial score (nSPS) is 10.9. The summed E-state index contributed by atoms with van der Waals surface area (Å²) in [6.45, 7) is 3.03. The van der Waals surface area contributed by atoms with Gasteiger partial charge >= 0.3 is 0 Å². The van der Waals surface area contributed by atoms with Crippen molar-refractivity contribution in [1.29, 1.82) is 0 Å². The van der Waals surface area contributed by atoms with E-state index in [1.807, 2.05) is 40.7 Å². The van der Waals surface area contributed by atoms with Crippen molar-refractivity contribution < 1.29 is 0 Å². The summed E-state index contributed by atoms with van der Waals surface area (Å²) in [6, 6.07) is 7.65. The van der Waals surface area contributed by atoms with Gasteiger partial charge < -0.3 is 0 Å². The van der Waals surface area contributed by atoms with Crippen molar-refractivity contribution in [3.63, 3.8) is 0 Å². The Morgan fingerprint density at radius 2 is 2.18 bits per heavy atom. The lowest BCUT2D eigenvalue weighted by Crippen LogP contribution is -2.12. The zero-order valence-electron chi connectivity index (χ0n) is 9.93. The van der Waals surface area contributed by atoms with Crippen LogP contribution in [0.2, 0.25) is 0 Å². The second-order valence-corrected chi connectivity index (χ2v) is 5.19. The summed E-state index contributed by atoms with van der Waals surface area (Å²) in [5, 5.41) is 4.95. The molecule has 4 heteroatoms. The summed E-state index contributed by atoms with van der Waals surface area (Å²) in [5.41, 5.74) is 0.932. The summed E-state index contributed by atoms with van der Waals surface area (Å²) < 4.78 is 1.92. The average Bonchev–Trinajstić information content (AvgIpc) is 2.37. The highest BCUT2D eigenvalue weighted by molar-refractivity contribution is 7.99. The van der Waals surface area contributed by atoms with Crippen LogP contribution in [0.4, 0.5) is 0 Å². The molecular formula is C13H16N2OS. The summed E-state index contributed by atoms with van der Waals surface area (Å²) >= 11 is 1.93. The van der Waals surface area contributed by atoms with Crippen LogP contribution in [-0.4, -0.2) is 21.3 Å². The molecule has 0 saturated carbocycles. The lowest BCUT2D eigenvalue weighted by molar-refractivity contribution is 0.614. The minimum Gasteiger partial charge on any atom is -0.287 e. The first kappa shape index (κ1) is 12.2. The third-order valence-electron chi connectivity index (χ3n) is 2.62. The van der Waals surface area contributed by atoms with E-state index in [4.69, 9.17) is 0 Å². The number of nitrogens with zero attached hydrogens (tertiary/aromatic N) is 2. The van der Waals surface area contributed by atoms with Crippen LogP contribution in [0.25, 0.3) is 10.9 Å². The van der Waals surface area contributed by atoms with E-state index < -0.39 is 0 Å². The number of aromatic nitrogens is 2. The number of hydrogen-bond acceptors (Lipinski definition) is 3. The fourth-order valence-corrected chi connectivity index (χ4v) is 2.42. The quantitative estimate of drug-likeness (QED) is 0.763. The number of rotatable bonds is 5. The van der Waals surface area contributed by atoms with Crippen molar-refractivity contribution in [2.75, 3.05) is 11.5 Å². The Kier molecular flexibility index (Phi) is 4.20. The maximum atomic E-state index is 11.6. The maximum Gasteiger partial charge on any atom is 0.207 e. The number of aryl methyl sites for hydroxylation is 1. The Morgan fingerprint density at radius 1 is 1.35 bits per heavy atom. The standard InChI is InChI=1S/C13H16N2OS/c1-2-17-9-5-8-15-12-7-4-3-6-11(12)13(16)10-14-15/h3-4,6-7,10H,2,5,8-9H2,1H3. The molecule has 90 valence electrons. The van der Waals surface area contributed by atoms with Gasteiger partial charge in [-0.3, -0.25) is 9.48 Å². The fraction of sp³-hybridized carbons (Fsp3) is 0.385. The Hall–Kier alpha value is -1.29. The molecule has 2 aromatic rings. The van der Waals surface area contributed by atoms with E-state index in [0.717, 1.165) is 35.4 Å². The van der Waals surface area contributed by atoms with Gasteiger partial charge in [0.05, 0.1) is 11.7 Å². The molecule has 0 saturated heterocycles. The van der Waals surface area contributed by atoms with Crippen molar-refractivity contribution in [2.24, 2.45) is 0 Å². The third kappa shape index (κ3) is 2.88.